The molecule has 0 unspecified atom stereocenters. The molecule has 2 N–H and O–H groups in total. The van der Waals surface area contributed by atoms with Crippen LogP contribution < -0.4 is 10.9 Å². The van der Waals surface area contributed by atoms with Gasteiger partial charge < -0.3 is 5.32 Å². The van der Waals surface area contributed by atoms with E-state index in [-0.39, 0.29) is 17.4 Å². The highest BCUT2D eigenvalue weighted by Crippen LogP contribution is 2.27. The lowest BCUT2D eigenvalue weighted by molar-refractivity contribution is 0.102. The van der Waals surface area contributed by atoms with Crippen molar-refractivity contribution in [3.05, 3.63) is 80.5 Å². The maximum absolute atomic E-state index is 12.7. The van der Waals surface area contributed by atoms with Gasteiger partial charge in [-0.25, -0.2) is 4.98 Å². The van der Waals surface area contributed by atoms with E-state index < -0.39 is 0 Å². The molecule has 7 nitrogen and oxygen atoms in total. The topological polar surface area (TPSA) is 92.7 Å². The van der Waals surface area contributed by atoms with Crippen LogP contribution in [0.3, 0.4) is 0 Å². The number of nitrogens with zero attached hydrogens (tertiary/aromatic N) is 3. The molecule has 0 saturated carbocycles. The minimum absolute atomic E-state index is 0.221. The van der Waals surface area contributed by atoms with Crippen LogP contribution in [0.1, 0.15) is 16.1 Å². The van der Waals surface area contributed by atoms with E-state index in [2.05, 4.69) is 20.4 Å². The summed E-state index contributed by atoms with van der Waals surface area (Å²) < 4.78 is 1.41. The van der Waals surface area contributed by atoms with Gasteiger partial charge in [0.1, 0.15) is 11.5 Å². The van der Waals surface area contributed by atoms with E-state index in [0.717, 1.165) is 4.88 Å². The first-order chi connectivity index (χ1) is 13.5. The fourth-order valence-electron chi connectivity index (χ4n) is 2.63. The first-order valence-corrected chi connectivity index (χ1v) is 9.54. The highest BCUT2D eigenvalue weighted by molar-refractivity contribution is 7.13. The van der Waals surface area contributed by atoms with E-state index >= 15 is 0 Å². The molecule has 28 heavy (non-hydrogen) atoms. The number of hydrogen-bond acceptors (Lipinski definition) is 5. The molecule has 9 heteroatoms. The number of rotatable bonds is 4. The van der Waals surface area contributed by atoms with Crippen molar-refractivity contribution < 1.29 is 4.79 Å². The maximum Gasteiger partial charge on any atom is 0.256 e. The Labute approximate surface area is 168 Å². The Morgan fingerprint density at radius 2 is 2.00 bits per heavy atom. The Morgan fingerprint density at radius 1 is 1.21 bits per heavy atom. The molecule has 0 aliphatic rings. The fourth-order valence-corrected chi connectivity index (χ4v) is 3.44. The van der Waals surface area contributed by atoms with Crippen molar-refractivity contribution in [3.8, 4) is 16.5 Å². The number of carbonyl (C=O) groups excluding carboxylic acids is 1. The van der Waals surface area contributed by atoms with Gasteiger partial charge in [0.05, 0.1) is 4.88 Å². The Bertz CT molecular complexity index is 1200. The molecule has 0 radical (unpaired) electrons. The number of amides is 1. The molecule has 3 heterocycles. The highest BCUT2D eigenvalue weighted by atomic mass is 35.5. The van der Waals surface area contributed by atoms with Crippen molar-refractivity contribution in [2.24, 2.45) is 0 Å². The second-order valence-electron chi connectivity index (χ2n) is 5.98. The minimum atomic E-state index is -0.328. The SMILES string of the molecule is Cc1cc(=O)[nH]c(-n2nc(-c3cccs3)cc2NC(=O)c2ccc(Cl)cc2)n1. The van der Waals surface area contributed by atoms with Gasteiger partial charge in [0.25, 0.3) is 11.5 Å². The van der Waals surface area contributed by atoms with Gasteiger partial charge in [0.2, 0.25) is 5.95 Å². The molecule has 4 aromatic rings. The third kappa shape index (κ3) is 3.73. The molecule has 0 bridgehead atoms. The summed E-state index contributed by atoms with van der Waals surface area (Å²) >= 11 is 7.41. The van der Waals surface area contributed by atoms with E-state index in [1.807, 2.05) is 17.5 Å². The quantitative estimate of drug-likeness (QED) is 0.532. The van der Waals surface area contributed by atoms with Crippen molar-refractivity contribution in [2.45, 2.75) is 6.92 Å². The molecule has 4 rings (SSSR count). The Morgan fingerprint density at radius 3 is 2.68 bits per heavy atom. The molecule has 140 valence electrons. The first kappa shape index (κ1) is 18.1. The zero-order valence-corrected chi connectivity index (χ0v) is 16.2. The third-order valence-electron chi connectivity index (χ3n) is 3.89. The van der Waals surface area contributed by atoms with E-state index in [9.17, 15) is 9.59 Å². The van der Waals surface area contributed by atoms with Gasteiger partial charge in [-0.05, 0) is 42.6 Å². The van der Waals surface area contributed by atoms with Crippen LogP contribution in [0, 0.1) is 6.92 Å². The maximum atomic E-state index is 12.7. The average Bonchev–Trinajstić information content (AvgIpc) is 3.31. The summed E-state index contributed by atoms with van der Waals surface area (Å²) in [6.07, 6.45) is 0. The summed E-state index contributed by atoms with van der Waals surface area (Å²) in [6.45, 7) is 1.72. The number of thiophene rings is 1. The standard InChI is InChI=1S/C19H14ClN5O2S/c1-11-9-17(26)23-19(21-11)25-16(10-14(24-25)15-3-2-8-28-15)22-18(27)12-4-6-13(20)7-5-12/h2-10H,1H3,(H,22,27)(H,21,23,26). The molecular weight excluding hydrogens is 398 g/mol. The van der Waals surface area contributed by atoms with Gasteiger partial charge in [-0.15, -0.1) is 11.3 Å². The summed E-state index contributed by atoms with van der Waals surface area (Å²) in [6, 6.07) is 13.5. The van der Waals surface area contributed by atoms with E-state index in [4.69, 9.17) is 11.6 Å². The number of carbonyl (C=O) groups is 1. The first-order valence-electron chi connectivity index (χ1n) is 8.29. The molecule has 0 aliphatic carbocycles. The normalized spacial score (nSPS) is 10.8. The molecular formula is C19H14ClN5O2S. The summed E-state index contributed by atoms with van der Waals surface area (Å²) in [5.41, 5.74) is 1.35. The van der Waals surface area contributed by atoms with Gasteiger partial charge in [-0.3, -0.25) is 14.6 Å². The average molecular weight is 412 g/mol. The van der Waals surface area contributed by atoms with Crippen LogP contribution in [-0.2, 0) is 0 Å². The predicted molar refractivity (Wildman–Crippen MR) is 109 cm³/mol. The second kappa shape index (κ2) is 7.41. The van der Waals surface area contributed by atoms with Gasteiger partial charge in [-0.2, -0.15) is 9.78 Å². The molecule has 0 fully saturated rings. The lowest BCUT2D eigenvalue weighted by Gasteiger charge is -2.08. The van der Waals surface area contributed by atoms with E-state index in [0.29, 0.717) is 27.8 Å². The second-order valence-corrected chi connectivity index (χ2v) is 7.36. The number of aryl methyl sites for hydroxylation is 1. The monoisotopic (exact) mass is 411 g/mol. The fraction of sp³-hybridized carbons (Fsp3) is 0.0526. The van der Waals surface area contributed by atoms with Crippen molar-refractivity contribution >= 4 is 34.7 Å². The van der Waals surface area contributed by atoms with Crippen LogP contribution in [0.5, 0.6) is 0 Å². The van der Waals surface area contributed by atoms with Crippen LogP contribution >= 0.6 is 22.9 Å². The van der Waals surface area contributed by atoms with E-state index in [1.54, 1.807) is 37.3 Å². The Balaban J connectivity index is 1.77. The van der Waals surface area contributed by atoms with Crippen LogP contribution in [0.15, 0.2) is 58.7 Å². The van der Waals surface area contributed by atoms with Gasteiger partial charge >= 0.3 is 0 Å². The van der Waals surface area contributed by atoms with Crippen molar-refractivity contribution in [3.63, 3.8) is 0 Å². The highest BCUT2D eigenvalue weighted by Gasteiger charge is 2.17. The third-order valence-corrected chi connectivity index (χ3v) is 5.03. The molecule has 1 amide bonds. The summed E-state index contributed by atoms with van der Waals surface area (Å²) in [7, 11) is 0. The van der Waals surface area contributed by atoms with E-state index in [1.165, 1.54) is 22.1 Å². The van der Waals surface area contributed by atoms with Crippen molar-refractivity contribution in [1.82, 2.24) is 19.7 Å². The number of anilines is 1. The Hall–Kier alpha value is -3.23. The lowest BCUT2D eigenvalue weighted by atomic mass is 10.2. The number of nitrogens with one attached hydrogen (secondary N) is 2. The number of benzene rings is 1. The number of H-pyrrole nitrogens is 1. The Kier molecular flexibility index (Phi) is 4.81. The van der Waals surface area contributed by atoms with Crippen LogP contribution in [0.25, 0.3) is 16.5 Å². The largest absolute Gasteiger partial charge is 0.306 e. The number of hydrogen-bond donors (Lipinski definition) is 2. The number of aromatic nitrogens is 4. The lowest BCUT2D eigenvalue weighted by Crippen LogP contribution is -2.18. The summed E-state index contributed by atoms with van der Waals surface area (Å²) in [5.74, 6) is 0.279. The van der Waals surface area contributed by atoms with Crippen LogP contribution in [0.2, 0.25) is 5.02 Å². The summed E-state index contributed by atoms with van der Waals surface area (Å²) in [4.78, 5) is 32.4. The van der Waals surface area contributed by atoms with Gasteiger partial charge in [0.15, 0.2) is 0 Å². The van der Waals surface area contributed by atoms with Gasteiger partial charge in [-0.1, -0.05) is 17.7 Å². The molecule has 0 saturated heterocycles. The smallest absolute Gasteiger partial charge is 0.256 e. The molecule has 0 atom stereocenters. The van der Waals surface area contributed by atoms with Crippen molar-refractivity contribution in [2.75, 3.05) is 5.32 Å². The molecule has 0 aliphatic heterocycles. The number of aromatic amines is 1. The molecule has 3 aromatic heterocycles. The van der Waals surface area contributed by atoms with Crippen LogP contribution in [0.4, 0.5) is 5.82 Å². The van der Waals surface area contributed by atoms with Crippen LogP contribution in [-0.4, -0.2) is 25.7 Å². The summed E-state index contributed by atoms with van der Waals surface area (Å²) in [5, 5.41) is 9.83. The van der Waals surface area contributed by atoms with Gasteiger partial charge in [0, 0.05) is 28.4 Å². The number of halogens is 1. The zero-order chi connectivity index (χ0) is 19.7. The zero-order valence-electron chi connectivity index (χ0n) is 14.6. The van der Waals surface area contributed by atoms with Crippen molar-refractivity contribution in [1.29, 1.82) is 0 Å². The minimum Gasteiger partial charge on any atom is -0.306 e. The molecule has 0 spiro atoms. The molecule has 1 aromatic carbocycles. The predicted octanol–water partition coefficient (Wildman–Crippen LogP) is 3.90.